The number of methoxy groups -OCH3 is 2. The Kier molecular flexibility index (Phi) is 3.06. The van der Waals surface area contributed by atoms with Gasteiger partial charge < -0.3 is 14.8 Å². The molecular weight excluding hydrogens is 226 g/mol. The first-order chi connectivity index (χ1) is 8.81. The van der Waals surface area contributed by atoms with Crippen molar-refractivity contribution >= 4 is 5.69 Å². The predicted molar refractivity (Wildman–Crippen MR) is 72.4 cm³/mol. The van der Waals surface area contributed by atoms with E-state index in [1.54, 1.807) is 14.2 Å². The first-order valence-corrected chi connectivity index (χ1v) is 6.80. The highest BCUT2D eigenvalue weighted by atomic mass is 16.5. The third kappa shape index (κ3) is 2.40. The fourth-order valence-electron chi connectivity index (χ4n) is 2.63. The Bertz CT molecular complexity index is 413. The molecule has 0 unspecified atom stereocenters. The summed E-state index contributed by atoms with van der Waals surface area (Å²) in [7, 11) is 3.39. The highest BCUT2D eigenvalue weighted by Crippen LogP contribution is 2.46. The minimum absolute atomic E-state index is 0.646. The topological polar surface area (TPSA) is 30.5 Å². The van der Waals surface area contributed by atoms with Gasteiger partial charge in [-0.3, -0.25) is 0 Å². The van der Waals surface area contributed by atoms with Crippen LogP contribution in [0.5, 0.6) is 11.5 Å². The molecule has 0 radical (unpaired) electrons. The van der Waals surface area contributed by atoms with Gasteiger partial charge in [0, 0.05) is 12.1 Å². The SMILES string of the molecule is COc1ccc(NC(C2CC2)C2CC2)c(OC)c1. The zero-order chi connectivity index (χ0) is 12.5. The van der Waals surface area contributed by atoms with Crippen molar-refractivity contribution in [3.05, 3.63) is 18.2 Å². The molecule has 0 spiro atoms. The Balaban J connectivity index is 1.77. The summed E-state index contributed by atoms with van der Waals surface area (Å²) in [5, 5.41) is 3.69. The summed E-state index contributed by atoms with van der Waals surface area (Å²) in [5.41, 5.74) is 1.10. The van der Waals surface area contributed by atoms with Crippen LogP contribution in [0.1, 0.15) is 25.7 Å². The molecule has 2 aliphatic carbocycles. The zero-order valence-corrected chi connectivity index (χ0v) is 11.1. The van der Waals surface area contributed by atoms with Gasteiger partial charge in [0.05, 0.1) is 19.9 Å². The maximum atomic E-state index is 5.45. The second kappa shape index (κ2) is 4.71. The summed E-state index contributed by atoms with van der Waals surface area (Å²) in [6, 6.07) is 6.64. The molecule has 2 saturated carbocycles. The molecule has 0 aromatic heterocycles. The minimum Gasteiger partial charge on any atom is -0.497 e. The molecule has 3 nitrogen and oxygen atoms in total. The van der Waals surface area contributed by atoms with Gasteiger partial charge >= 0.3 is 0 Å². The van der Waals surface area contributed by atoms with Crippen molar-refractivity contribution in [1.82, 2.24) is 0 Å². The smallest absolute Gasteiger partial charge is 0.145 e. The van der Waals surface area contributed by atoms with Crippen LogP contribution in [0.3, 0.4) is 0 Å². The number of benzene rings is 1. The molecule has 1 aromatic rings. The molecular formula is C15H21NO2. The van der Waals surface area contributed by atoms with Gasteiger partial charge in [0.2, 0.25) is 0 Å². The van der Waals surface area contributed by atoms with E-state index in [1.807, 2.05) is 12.1 Å². The molecule has 2 fully saturated rings. The van der Waals surface area contributed by atoms with Crippen molar-refractivity contribution in [3.63, 3.8) is 0 Å². The molecule has 0 saturated heterocycles. The van der Waals surface area contributed by atoms with Gasteiger partial charge in [-0.05, 0) is 49.7 Å². The van der Waals surface area contributed by atoms with E-state index in [9.17, 15) is 0 Å². The van der Waals surface area contributed by atoms with Crippen LogP contribution >= 0.6 is 0 Å². The maximum Gasteiger partial charge on any atom is 0.145 e. The largest absolute Gasteiger partial charge is 0.497 e. The van der Waals surface area contributed by atoms with Crippen molar-refractivity contribution < 1.29 is 9.47 Å². The zero-order valence-electron chi connectivity index (χ0n) is 11.1. The molecule has 0 heterocycles. The van der Waals surface area contributed by atoms with E-state index in [1.165, 1.54) is 25.7 Å². The molecule has 1 aromatic carbocycles. The molecule has 1 N–H and O–H groups in total. The van der Waals surface area contributed by atoms with Crippen LogP contribution in [-0.2, 0) is 0 Å². The second-order valence-corrected chi connectivity index (χ2v) is 5.41. The first kappa shape index (κ1) is 11.7. The lowest BCUT2D eigenvalue weighted by Gasteiger charge is -2.21. The normalized spacial score (nSPS) is 18.8. The molecule has 3 rings (SSSR count). The fraction of sp³-hybridized carbons (Fsp3) is 0.600. The van der Waals surface area contributed by atoms with Gasteiger partial charge in [0.15, 0.2) is 0 Å². The van der Waals surface area contributed by atoms with E-state index in [4.69, 9.17) is 9.47 Å². The lowest BCUT2D eigenvalue weighted by Crippen LogP contribution is -2.24. The van der Waals surface area contributed by atoms with Crippen molar-refractivity contribution in [2.75, 3.05) is 19.5 Å². The Morgan fingerprint density at radius 1 is 1.06 bits per heavy atom. The summed E-state index contributed by atoms with van der Waals surface area (Å²) in [6.45, 7) is 0. The first-order valence-electron chi connectivity index (χ1n) is 6.80. The van der Waals surface area contributed by atoms with E-state index in [0.717, 1.165) is 29.0 Å². The maximum absolute atomic E-state index is 5.45. The van der Waals surface area contributed by atoms with Crippen molar-refractivity contribution in [2.45, 2.75) is 31.7 Å². The van der Waals surface area contributed by atoms with Gasteiger partial charge in [0.25, 0.3) is 0 Å². The minimum atomic E-state index is 0.646. The third-order valence-electron chi connectivity index (χ3n) is 3.99. The molecule has 0 aliphatic heterocycles. The molecule has 0 amide bonds. The van der Waals surface area contributed by atoms with Crippen LogP contribution in [0.4, 0.5) is 5.69 Å². The van der Waals surface area contributed by atoms with Gasteiger partial charge in [-0.25, -0.2) is 0 Å². The third-order valence-corrected chi connectivity index (χ3v) is 3.99. The lowest BCUT2D eigenvalue weighted by atomic mass is 10.1. The molecule has 18 heavy (non-hydrogen) atoms. The Morgan fingerprint density at radius 3 is 2.22 bits per heavy atom. The summed E-state index contributed by atoms with van der Waals surface area (Å²) >= 11 is 0. The number of ether oxygens (including phenoxy) is 2. The van der Waals surface area contributed by atoms with Gasteiger partial charge in [-0.15, -0.1) is 0 Å². The van der Waals surface area contributed by atoms with Crippen LogP contribution in [0.2, 0.25) is 0 Å². The molecule has 2 aliphatic rings. The molecule has 98 valence electrons. The number of rotatable bonds is 6. The summed E-state index contributed by atoms with van der Waals surface area (Å²) in [5.74, 6) is 3.47. The number of nitrogens with one attached hydrogen (secondary N) is 1. The quantitative estimate of drug-likeness (QED) is 0.836. The number of hydrogen-bond acceptors (Lipinski definition) is 3. The van der Waals surface area contributed by atoms with E-state index in [-0.39, 0.29) is 0 Å². The summed E-state index contributed by atoms with van der Waals surface area (Å²) in [6.07, 6.45) is 5.53. The predicted octanol–water partition coefficient (Wildman–Crippen LogP) is 3.30. The van der Waals surface area contributed by atoms with Crippen LogP contribution in [0.15, 0.2) is 18.2 Å². The van der Waals surface area contributed by atoms with Crippen molar-refractivity contribution in [3.8, 4) is 11.5 Å². The van der Waals surface area contributed by atoms with E-state index in [0.29, 0.717) is 6.04 Å². The summed E-state index contributed by atoms with van der Waals surface area (Å²) in [4.78, 5) is 0. The molecule has 0 atom stereocenters. The highest BCUT2D eigenvalue weighted by Gasteiger charge is 2.41. The van der Waals surface area contributed by atoms with Crippen molar-refractivity contribution in [1.29, 1.82) is 0 Å². The van der Waals surface area contributed by atoms with E-state index >= 15 is 0 Å². The highest BCUT2D eigenvalue weighted by molar-refractivity contribution is 5.60. The van der Waals surface area contributed by atoms with Gasteiger partial charge in [-0.1, -0.05) is 0 Å². The average Bonchev–Trinajstić information content (AvgIpc) is 3.29. The fourth-order valence-corrected chi connectivity index (χ4v) is 2.63. The lowest BCUT2D eigenvalue weighted by molar-refractivity contribution is 0.394. The van der Waals surface area contributed by atoms with Crippen LogP contribution in [-0.4, -0.2) is 20.3 Å². The van der Waals surface area contributed by atoms with Crippen LogP contribution in [0.25, 0.3) is 0 Å². The molecule has 3 heteroatoms. The Morgan fingerprint density at radius 2 is 1.72 bits per heavy atom. The number of hydrogen-bond donors (Lipinski definition) is 1. The standard InChI is InChI=1S/C15H21NO2/c1-17-12-7-8-13(14(9-12)18-2)16-15(10-3-4-10)11-5-6-11/h7-11,15-16H,3-6H2,1-2H3. The Labute approximate surface area is 108 Å². The van der Waals surface area contributed by atoms with Gasteiger partial charge in [-0.2, -0.15) is 0 Å². The van der Waals surface area contributed by atoms with Gasteiger partial charge in [0.1, 0.15) is 11.5 Å². The average molecular weight is 247 g/mol. The van der Waals surface area contributed by atoms with E-state index < -0.39 is 0 Å². The van der Waals surface area contributed by atoms with E-state index in [2.05, 4.69) is 11.4 Å². The second-order valence-electron chi connectivity index (χ2n) is 5.41. The van der Waals surface area contributed by atoms with Crippen LogP contribution in [0, 0.1) is 11.8 Å². The summed E-state index contributed by atoms with van der Waals surface area (Å²) < 4.78 is 10.7. The Hall–Kier alpha value is -1.38. The monoisotopic (exact) mass is 247 g/mol. The van der Waals surface area contributed by atoms with Crippen LogP contribution < -0.4 is 14.8 Å². The van der Waals surface area contributed by atoms with Crippen molar-refractivity contribution in [2.24, 2.45) is 11.8 Å². The number of anilines is 1. The molecule has 0 bridgehead atoms.